The van der Waals surface area contributed by atoms with E-state index in [4.69, 9.17) is 10.5 Å². The summed E-state index contributed by atoms with van der Waals surface area (Å²) >= 11 is 1.45. The van der Waals surface area contributed by atoms with Crippen LogP contribution in [0, 0.1) is 0 Å². The summed E-state index contributed by atoms with van der Waals surface area (Å²) in [7, 11) is 0. The van der Waals surface area contributed by atoms with E-state index in [1.165, 1.54) is 11.3 Å². The molecule has 0 spiro atoms. The lowest BCUT2D eigenvalue weighted by molar-refractivity contribution is 0.119. The maximum Gasteiger partial charge on any atom is 0.180 e. The summed E-state index contributed by atoms with van der Waals surface area (Å²) in [4.78, 5) is 4.05. The average molecular weight is 172 g/mol. The molecule has 1 aromatic heterocycles. The van der Waals surface area contributed by atoms with Crippen LogP contribution >= 0.6 is 11.3 Å². The molecule has 0 bridgehead atoms. The smallest absolute Gasteiger partial charge is 0.180 e. The maximum atomic E-state index is 5.43. The van der Waals surface area contributed by atoms with Gasteiger partial charge in [0.25, 0.3) is 0 Å². The fourth-order valence-electron chi connectivity index (χ4n) is 0.710. The lowest BCUT2D eigenvalue weighted by atomic mass is 10.5. The molecule has 11 heavy (non-hydrogen) atoms. The third-order valence-corrected chi connectivity index (χ3v) is 1.89. The Balaban J connectivity index is 2.27. The van der Waals surface area contributed by atoms with Gasteiger partial charge in [0, 0.05) is 12.0 Å². The fourth-order valence-corrected chi connectivity index (χ4v) is 1.26. The molecule has 0 aliphatic rings. The van der Waals surface area contributed by atoms with E-state index < -0.39 is 0 Å². The number of hydrogen-bond donors (Lipinski definition) is 1. The van der Waals surface area contributed by atoms with Crippen molar-refractivity contribution in [3.63, 3.8) is 0 Å². The normalized spacial score (nSPS) is 10.3. The predicted molar refractivity (Wildman–Crippen MR) is 46.5 cm³/mol. The van der Waals surface area contributed by atoms with Gasteiger partial charge >= 0.3 is 0 Å². The van der Waals surface area contributed by atoms with Crippen molar-refractivity contribution in [2.24, 2.45) is 0 Å². The van der Waals surface area contributed by atoms with Crippen LogP contribution in [0.1, 0.15) is 19.0 Å². The van der Waals surface area contributed by atoms with Crippen molar-refractivity contribution < 1.29 is 4.74 Å². The summed E-state index contributed by atoms with van der Waals surface area (Å²) in [6.07, 6.45) is 1.04. The second-order valence-electron chi connectivity index (χ2n) is 2.23. The number of nitrogens with two attached hydrogens (primary N) is 1. The molecule has 0 saturated carbocycles. The monoisotopic (exact) mass is 172 g/mol. The zero-order chi connectivity index (χ0) is 8.10. The van der Waals surface area contributed by atoms with Crippen LogP contribution in [0.15, 0.2) is 5.38 Å². The number of thiazole rings is 1. The first kappa shape index (κ1) is 8.49. The van der Waals surface area contributed by atoms with Crippen LogP contribution in [0.4, 0.5) is 5.13 Å². The Hall–Kier alpha value is -0.610. The van der Waals surface area contributed by atoms with E-state index in [9.17, 15) is 0 Å². The van der Waals surface area contributed by atoms with Gasteiger partial charge in [-0.1, -0.05) is 6.92 Å². The van der Waals surface area contributed by atoms with Gasteiger partial charge in [-0.05, 0) is 6.42 Å². The third kappa shape index (κ3) is 2.86. The Kier molecular flexibility index (Phi) is 3.32. The number of nitrogens with zero attached hydrogens (tertiary/aromatic N) is 1. The van der Waals surface area contributed by atoms with E-state index in [2.05, 4.69) is 11.9 Å². The van der Waals surface area contributed by atoms with E-state index in [0.717, 1.165) is 18.7 Å². The molecule has 0 aliphatic heterocycles. The second-order valence-corrected chi connectivity index (χ2v) is 3.12. The number of aromatic nitrogens is 1. The van der Waals surface area contributed by atoms with Crippen LogP contribution < -0.4 is 5.73 Å². The lowest BCUT2D eigenvalue weighted by Crippen LogP contribution is -1.94. The number of nitrogen functional groups attached to an aromatic ring is 1. The molecule has 1 heterocycles. The molecule has 1 rings (SSSR count). The first-order valence-electron chi connectivity index (χ1n) is 3.60. The second kappa shape index (κ2) is 4.31. The van der Waals surface area contributed by atoms with Crippen LogP contribution in [0.25, 0.3) is 0 Å². The van der Waals surface area contributed by atoms with Crippen molar-refractivity contribution in [3.8, 4) is 0 Å². The van der Waals surface area contributed by atoms with Crippen molar-refractivity contribution in [2.75, 3.05) is 12.3 Å². The van der Waals surface area contributed by atoms with Crippen molar-refractivity contribution in [1.29, 1.82) is 0 Å². The summed E-state index contributed by atoms with van der Waals surface area (Å²) in [6, 6.07) is 0. The Bertz CT molecular complexity index is 212. The molecule has 0 aliphatic carbocycles. The molecule has 0 atom stereocenters. The number of ether oxygens (including phenoxy) is 1. The summed E-state index contributed by atoms with van der Waals surface area (Å²) in [5.74, 6) is 0. The van der Waals surface area contributed by atoms with Gasteiger partial charge in [0.05, 0.1) is 12.3 Å². The van der Waals surface area contributed by atoms with Crippen molar-refractivity contribution in [1.82, 2.24) is 4.98 Å². The van der Waals surface area contributed by atoms with Crippen molar-refractivity contribution in [3.05, 3.63) is 11.1 Å². The largest absolute Gasteiger partial charge is 0.375 e. The Morgan fingerprint density at radius 1 is 1.73 bits per heavy atom. The fraction of sp³-hybridized carbons (Fsp3) is 0.571. The first-order valence-corrected chi connectivity index (χ1v) is 4.48. The Morgan fingerprint density at radius 2 is 2.55 bits per heavy atom. The molecule has 62 valence electrons. The summed E-state index contributed by atoms with van der Waals surface area (Å²) < 4.78 is 5.27. The first-order chi connectivity index (χ1) is 5.33. The average Bonchev–Trinajstić information content (AvgIpc) is 2.37. The van der Waals surface area contributed by atoms with E-state index in [1.807, 2.05) is 5.38 Å². The number of rotatable bonds is 4. The zero-order valence-electron chi connectivity index (χ0n) is 6.54. The third-order valence-electron chi connectivity index (χ3n) is 1.17. The molecule has 0 saturated heterocycles. The van der Waals surface area contributed by atoms with Gasteiger partial charge in [-0.3, -0.25) is 0 Å². The quantitative estimate of drug-likeness (QED) is 0.702. The lowest BCUT2D eigenvalue weighted by Gasteiger charge is -1.96. The molecule has 2 N–H and O–H groups in total. The minimum Gasteiger partial charge on any atom is -0.375 e. The highest BCUT2D eigenvalue weighted by Crippen LogP contribution is 2.11. The van der Waals surface area contributed by atoms with Gasteiger partial charge in [-0.25, -0.2) is 4.98 Å². The molecule has 1 aromatic rings. The SMILES string of the molecule is CCCOCc1csc(N)n1. The molecule has 0 unspecified atom stereocenters. The topological polar surface area (TPSA) is 48.1 Å². The highest BCUT2D eigenvalue weighted by atomic mass is 32.1. The maximum absolute atomic E-state index is 5.43. The summed E-state index contributed by atoms with van der Waals surface area (Å²) in [6.45, 7) is 3.45. The predicted octanol–water partition coefficient (Wildman–Crippen LogP) is 1.65. The van der Waals surface area contributed by atoms with Crippen LogP contribution in [0.3, 0.4) is 0 Å². The van der Waals surface area contributed by atoms with Gasteiger partial charge < -0.3 is 10.5 Å². The van der Waals surface area contributed by atoms with Gasteiger partial charge in [-0.15, -0.1) is 11.3 Å². The minimum absolute atomic E-state index is 0.585. The van der Waals surface area contributed by atoms with Gasteiger partial charge in [-0.2, -0.15) is 0 Å². The molecule has 0 radical (unpaired) electrons. The van der Waals surface area contributed by atoms with Crippen LogP contribution in [-0.2, 0) is 11.3 Å². The molecule has 4 heteroatoms. The summed E-state index contributed by atoms with van der Waals surface area (Å²) in [5.41, 5.74) is 6.37. The molecule has 3 nitrogen and oxygen atoms in total. The van der Waals surface area contributed by atoms with Crippen LogP contribution in [-0.4, -0.2) is 11.6 Å². The van der Waals surface area contributed by atoms with E-state index in [1.54, 1.807) is 0 Å². The molecule has 0 amide bonds. The minimum atomic E-state index is 0.585. The van der Waals surface area contributed by atoms with E-state index >= 15 is 0 Å². The van der Waals surface area contributed by atoms with Gasteiger partial charge in [0.15, 0.2) is 5.13 Å². The highest BCUT2D eigenvalue weighted by Gasteiger charge is 1.96. The van der Waals surface area contributed by atoms with Crippen molar-refractivity contribution >= 4 is 16.5 Å². The van der Waals surface area contributed by atoms with Crippen molar-refractivity contribution in [2.45, 2.75) is 20.0 Å². The highest BCUT2D eigenvalue weighted by molar-refractivity contribution is 7.13. The Labute approximate surface area is 70.2 Å². The molecular weight excluding hydrogens is 160 g/mol. The van der Waals surface area contributed by atoms with E-state index in [0.29, 0.717) is 11.7 Å². The number of anilines is 1. The Morgan fingerprint density at radius 3 is 3.09 bits per heavy atom. The van der Waals surface area contributed by atoms with Crippen LogP contribution in [0.2, 0.25) is 0 Å². The zero-order valence-corrected chi connectivity index (χ0v) is 7.36. The van der Waals surface area contributed by atoms with E-state index in [-0.39, 0.29) is 0 Å². The molecular formula is C7H12N2OS. The standard InChI is InChI=1S/C7H12N2OS/c1-2-3-10-4-6-5-11-7(8)9-6/h5H,2-4H2,1H3,(H2,8,9). The van der Waals surface area contributed by atoms with Gasteiger partial charge in [0.2, 0.25) is 0 Å². The summed E-state index contributed by atoms with van der Waals surface area (Å²) in [5, 5.41) is 2.53. The molecule has 0 fully saturated rings. The number of hydrogen-bond acceptors (Lipinski definition) is 4. The van der Waals surface area contributed by atoms with Gasteiger partial charge in [0.1, 0.15) is 0 Å². The van der Waals surface area contributed by atoms with Crippen LogP contribution in [0.5, 0.6) is 0 Å². The molecule has 0 aromatic carbocycles.